The van der Waals surface area contributed by atoms with E-state index in [1.54, 1.807) is 0 Å². The summed E-state index contributed by atoms with van der Waals surface area (Å²) in [5, 5.41) is 0. The van der Waals surface area contributed by atoms with Gasteiger partial charge in [0.15, 0.2) is 0 Å². The van der Waals surface area contributed by atoms with Crippen molar-refractivity contribution in [2.24, 2.45) is 0 Å². The van der Waals surface area contributed by atoms with Crippen molar-refractivity contribution in [1.82, 2.24) is 0 Å². The van der Waals surface area contributed by atoms with Gasteiger partial charge in [-0.2, -0.15) is 0 Å². The second-order valence-corrected chi connectivity index (χ2v) is 3.80. The Bertz CT molecular complexity index is 326. The molecular weight excluding hydrogens is 172 g/mol. The number of unbranched alkanes of at least 4 members (excludes halogenated alkanes) is 1. The Labute approximate surface area is 86.1 Å². The van der Waals surface area contributed by atoms with Crippen LogP contribution in [-0.4, -0.2) is 6.29 Å². The first-order valence-electron chi connectivity index (χ1n) is 5.25. The van der Waals surface area contributed by atoms with E-state index in [9.17, 15) is 4.79 Å². The molecule has 14 heavy (non-hydrogen) atoms. The summed E-state index contributed by atoms with van der Waals surface area (Å²) in [7, 11) is 0. The molecule has 0 bridgehead atoms. The highest BCUT2D eigenvalue weighted by Gasteiger charge is 2.06. The summed E-state index contributed by atoms with van der Waals surface area (Å²) in [6, 6.07) is 3.95. The summed E-state index contributed by atoms with van der Waals surface area (Å²) in [5.74, 6) is 0. The number of benzene rings is 1. The number of aldehydes is 1. The van der Waals surface area contributed by atoms with Crippen molar-refractivity contribution in [3.63, 3.8) is 0 Å². The zero-order valence-corrected chi connectivity index (χ0v) is 9.26. The summed E-state index contributed by atoms with van der Waals surface area (Å²) in [5.41, 5.74) is 4.66. The molecule has 0 radical (unpaired) electrons. The molecule has 76 valence electrons. The third-order valence-electron chi connectivity index (χ3n) is 2.81. The van der Waals surface area contributed by atoms with Gasteiger partial charge in [-0.25, -0.2) is 0 Å². The van der Waals surface area contributed by atoms with Crippen molar-refractivity contribution in [2.75, 3.05) is 0 Å². The molecule has 0 aliphatic carbocycles. The fourth-order valence-corrected chi connectivity index (χ4v) is 1.69. The SMILES string of the molecule is CCCCc1c(C=O)ccc(C)c1C. The fraction of sp³-hybridized carbons (Fsp3) is 0.462. The molecule has 0 saturated heterocycles. The third kappa shape index (κ3) is 2.22. The van der Waals surface area contributed by atoms with Crippen molar-refractivity contribution >= 4 is 6.29 Å². The van der Waals surface area contributed by atoms with Crippen LogP contribution in [0.1, 0.15) is 46.8 Å². The maximum atomic E-state index is 10.9. The number of aryl methyl sites for hydroxylation is 1. The summed E-state index contributed by atoms with van der Waals surface area (Å²) in [6.07, 6.45) is 4.33. The fourth-order valence-electron chi connectivity index (χ4n) is 1.69. The molecule has 0 atom stereocenters. The van der Waals surface area contributed by atoms with Gasteiger partial charge in [-0.3, -0.25) is 4.79 Å². The van der Waals surface area contributed by atoms with Gasteiger partial charge in [-0.05, 0) is 43.4 Å². The van der Waals surface area contributed by atoms with Crippen LogP contribution in [0.2, 0.25) is 0 Å². The lowest BCUT2D eigenvalue weighted by molar-refractivity contribution is 0.112. The molecule has 0 spiro atoms. The molecule has 1 rings (SSSR count). The van der Waals surface area contributed by atoms with E-state index < -0.39 is 0 Å². The number of hydrogen-bond acceptors (Lipinski definition) is 1. The largest absolute Gasteiger partial charge is 0.298 e. The first-order valence-corrected chi connectivity index (χ1v) is 5.25. The molecule has 0 amide bonds. The third-order valence-corrected chi connectivity index (χ3v) is 2.81. The Hall–Kier alpha value is -1.11. The van der Waals surface area contributed by atoms with E-state index in [4.69, 9.17) is 0 Å². The molecule has 1 aromatic carbocycles. The summed E-state index contributed by atoms with van der Waals surface area (Å²) >= 11 is 0. The molecule has 1 nitrogen and oxygen atoms in total. The number of carbonyl (C=O) groups is 1. The standard InChI is InChI=1S/C13H18O/c1-4-5-6-13-11(3)10(2)7-8-12(13)9-14/h7-9H,4-6H2,1-3H3. The first-order chi connectivity index (χ1) is 6.70. The van der Waals surface area contributed by atoms with Crippen molar-refractivity contribution in [3.05, 3.63) is 34.4 Å². The van der Waals surface area contributed by atoms with Gasteiger partial charge in [0, 0.05) is 5.56 Å². The topological polar surface area (TPSA) is 17.1 Å². The molecule has 0 aliphatic rings. The number of hydrogen-bond donors (Lipinski definition) is 0. The van der Waals surface area contributed by atoms with E-state index in [0.717, 1.165) is 24.7 Å². The second-order valence-electron chi connectivity index (χ2n) is 3.80. The van der Waals surface area contributed by atoms with Crippen LogP contribution in [0, 0.1) is 13.8 Å². The molecule has 1 aromatic rings. The van der Waals surface area contributed by atoms with Gasteiger partial charge >= 0.3 is 0 Å². The molecule has 0 N–H and O–H groups in total. The lowest BCUT2D eigenvalue weighted by Crippen LogP contribution is -1.98. The predicted octanol–water partition coefficient (Wildman–Crippen LogP) is 3.46. The normalized spacial score (nSPS) is 10.2. The van der Waals surface area contributed by atoms with Gasteiger partial charge in [0.2, 0.25) is 0 Å². The number of rotatable bonds is 4. The molecule has 0 aliphatic heterocycles. The van der Waals surface area contributed by atoms with E-state index >= 15 is 0 Å². The van der Waals surface area contributed by atoms with Crippen LogP contribution >= 0.6 is 0 Å². The monoisotopic (exact) mass is 190 g/mol. The second kappa shape index (κ2) is 4.94. The van der Waals surface area contributed by atoms with Gasteiger partial charge in [0.1, 0.15) is 6.29 Å². The maximum absolute atomic E-state index is 10.9. The molecule has 1 heteroatoms. The molecule has 0 unspecified atom stereocenters. The van der Waals surface area contributed by atoms with Crippen LogP contribution in [-0.2, 0) is 6.42 Å². The summed E-state index contributed by atoms with van der Waals surface area (Å²) in [6.45, 7) is 6.37. The summed E-state index contributed by atoms with van der Waals surface area (Å²) < 4.78 is 0. The van der Waals surface area contributed by atoms with Gasteiger partial charge < -0.3 is 0 Å². The Balaban J connectivity index is 3.07. The van der Waals surface area contributed by atoms with E-state index in [1.807, 2.05) is 12.1 Å². The predicted molar refractivity (Wildman–Crippen MR) is 59.9 cm³/mol. The van der Waals surface area contributed by atoms with Crippen LogP contribution in [0.15, 0.2) is 12.1 Å². The van der Waals surface area contributed by atoms with E-state index in [-0.39, 0.29) is 0 Å². The average molecular weight is 190 g/mol. The highest BCUT2D eigenvalue weighted by molar-refractivity contribution is 5.78. The minimum atomic E-state index is 0.863. The zero-order chi connectivity index (χ0) is 10.6. The first kappa shape index (κ1) is 11.0. The van der Waals surface area contributed by atoms with Crippen molar-refractivity contribution < 1.29 is 4.79 Å². The maximum Gasteiger partial charge on any atom is 0.150 e. The Morgan fingerprint density at radius 1 is 1.29 bits per heavy atom. The minimum absolute atomic E-state index is 0.863. The molecule has 0 heterocycles. The smallest absolute Gasteiger partial charge is 0.150 e. The van der Waals surface area contributed by atoms with E-state index in [1.165, 1.54) is 23.1 Å². The Morgan fingerprint density at radius 3 is 2.57 bits per heavy atom. The van der Waals surface area contributed by atoms with Crippen molar-refractivity contribution in [1.29, 1.82) is 0 Å². The molecular formula is C13H18O. The van der Waals surface area contributed by atoms with Crippen LogP contribution in [0.25, 0.3) is 0 Å². The van der Waals surface area contributed by atoms with Gasteiger partial charge in [-0.15, -0.1) is 0 Å². The highest BCUT2D eigenvalue weighted by atomic mass is 16.1. The van der Waals surface area contributed by atoms with Crippen LogP contribution in [0.5, 0.6) is 0 Å². The highest BCUT2D eigenvalue weighted by Crippen LogP contribution is 2.19. The minimum Gasteiger partial charge on any atom is -0.298 e. The van der Waals surface area contributed by atoms with Crippen molar-refractivity contribution in [3.8, 4) is 0 Å². The van der Waals surface area contributed by atoms with Crippen LogP contribution in [0.3, 0.4) is 0 Å². The van der Waals surface area contributed by atoms with E-state index in [2.05, 4.69) is 20.8 Å². The van der Waals surface area contributed by atoms with Crippen LogP contribution < -0.4 is 0 Å². The molecule has 0 saturated carbocycles. The Kier molecular flexibility index (Phi) is 3.87. The van der Waals surface area contributed by atoms with Crippen molar-refractivity contribution in [2.45, 2.75) is 40.0 Å². The lowest BCUT2D eigenvalue weighted by Gasteiger charge is -2.10. The summed E-state index contributed by atoms with van der Waals surface area (Å²) in [4.78, 5) is 10.9. The van der Waals surface area contributed by atoms with Gasteiger partial charge in [0.05, 0.1) is 0 Å². The lowest BCUT2D eigenvalue weighted by atomic mass is 9.94. The molecule has 0 fully saturated rings. The quantitative estimate of drug-likeness (QED) is 0.664. The van der Waals surface area contributed by atoms with Crippen LogP contribution in [0.4, 0.5) is 0 Å². The number of carbonyl (C=O) groups excluding carboxylic acids is 1. The van der Waals surface area contributed by atoms with Gasteiger partial charge in [0.25, 0.3) is 0 Å². The van der Waals surface area contributed by atoms with E-state index in [0.29, 0.717) is 0 Å². The Morgan fingerprint density at radius 2 is 2.00 bits per heavy atom. The molecule has 0 aromatic heterocycles. The average Bonchev–Trinajstić information content (AvgIpc) is 2.20. The zero-order valence-electron chi connectivity index (χ0n) is 9.26. The van der Waals surface area contributed by atoms with Gasteiger partial charge in [-0.1, -0.05) is 25.5 Å².